The maximum atomic E-state index is 5.84. The van der Waals surface area contributed by atoms with Crippen LogP contribution in [-0.4, -0.2) is 18.6 Å². The van der Waals surface area contributed by atoms with Crippen molar-refractivity contribution in [2.45, 2.75) is 46.1 Å². The van der Waals surface area contributed by atoms with Crippen molar-refractivity contribution in [3.8, 4) is 0 Å². The molecule has 0 radical (unpaired) electrons. The standard InChI is InChI=1S/C10H24N2/c1-5-9(2)8-12-7-6-10(3,4)11/h9,12H,5-8,11H2,1-4H3. The van der Waals surface area contributed by atoms with Crippen LogP contribution in [0.15, 0.2) is 0 Å². The number of nitrogens with two attached hydrogens (primary N) is 1. The summed E-state index contributed by atoms with van der Waals surface area (Å²) < 4.78 is 0. The van der Waals surface area contributed by atoms with Crippen molar-refractivity contribution in [2.24, 2.45) is 11.7 Å². The van der Waals surface area contributed by atoms with Crippen LogP contribution in [0.4, 0.5) is 0 Å². The molecule has 0 rings (SSSR count). The molecule has 0 fully saturated rings. The summed E-state index contributed by atoms with van der Waals surface area (Å²) in [5, 5.41) is 3.41. The summed E-state index contributed by atoms with van der Waals surface area (Å²) in [6.07, 6.45) is 2.29. The van der Waals surface area contributed by atoms with Gasteiger partial charge < -0.3 is 11.1 Å². The Morgan fingerprint density at radius 3 is 2.42 bits per heavy atom. The molecule has 1 atom stereocenters. The topological polar surface area (TPSA) is 38.0 Å². The first-order valence-electron chi connectivity index (χ1n) is 4.95. The third-order valence-corrected chi connectivity index (χ3v) is 2.14. The molecule has 0 aliphatic carbocycles. The summed E-state index contributed by atoms with van der Waals surface area (Å²) in [7, 11) is 0. The monoisotopic (exact) mass is 172 g/mol. The highest BCUT2D eigenvalue weighted by molar-refractivity contribution is 4.72. The lowest BCUT2D eigenvalue weighted by Gasteiger charge is -2.19. The van der Waals surface area contributed by atoms with Crippen LogP contribution in [-0.2, 0) is 0 Å². The lowest BCUT2D eigenvalue weighted by atomic mass is 10.0. The SMILES string of the molecule is CCC(C)CNCCC(C)(C)N. The molecule has 0 bridgehead atoms. The molecule has 2 heteroatoms. The maximum Gasteiger partial charge on any atom is 0.0109 e. The zero-order chi connectivity index (χ0) is 9.61. The summed E-state index contributed by atoms with van der Waals surface area (Å²) >= 11 is 0. The number of hydrogen-bond donors (Lipinski definition) is 2. The molecule has 0 heterocycles. The third-order valence-electron chi connectivity index (χ3n) is 2.14. The van der Waals surface area contributed by atoms with E-state index in [1.165, 1.54) is 6.42 Å². The van der Waals surface area contributed by atoms with E-state index in [-0.39, 0.29) is 5.54 Å². The van der Waals surface area contributed by atoms with E-state index in [1.54, 1.807) is 0 Å². The van der Waals surface area contributed by atoms with Crippen LogP contribution in [0.2, 0.25) is 0 Å². The molecule has 12 heavy (non-hydrogen) atoms. The first kappa shape index (κ1) is 11.9. The number of rotatable bonds is 6. The molecule has 2 nitrogen and oxygen atoms in total. The van der Waals surface area contributed by atoms with Crippen molar-refractivity contribution < 1.29 is 0 Å². The molecule has 0 saturated heterocycles. The van der Waals surface area contributed by atoms with Crippen LogP contribution in [0.3, 0.4) is 0 Å². The molecule has 0 aromatic carbocycles. The van der Waals surface area contributed by atoms with Gasteiger partial charge in [0, 0.05) is 5.54 Å². The fraction of sp³-hybridized carbons (Fsp3) is 1.00. The van der Waals surface area contributed by atoms with E-state index in [1.807, 2.05) is 0 Å². The Morgan fingerprint density at radius 2 is 2.00 bits per heavy atom. The Morgan fingerprint density at radius 1 is 1.42 bits per heavy atom. The molecule has 3 N–H and O–H groups in total. The Hall–Kier alpha value is -0.0800. The maximum absolute atomic E-state index is 5.84. The van der Waals surface area contributed by atoms with Crippen LogP contribution < -0.4 is 11.1 Å². The second-order valence-corrected chi connectivity index (χ2v) is 4.46. The first-order valence-corrected chi connectivity index (χ1v) is 4.95. The molecular formula is C10H24N2. The van der Waals surface area contributed by atoms with Crippen molar-refractivity contribution in [1.82, 2.24) is 5.32 Å². The van der Waals surface area contributed by atoms with E-state index in [0.29, 0.717) is 0 Å². The smallest absolute Gasteiger partial charge is 0.0109 e. The number of nitrogens with one attached hydrogen (secondary N) is 1. The molecule has 1 unspecified atom stereocenters. The van der Waals surface area contributed by atoms with Crippen molar-refractivity contribution >= 4 is 0 Å². The lowest BCUT2D eigenvalue weighted by Crippen LogP contribution is -2.36. The molecule has 0 saturated carbocycles. The van der Waals surface area contributed by atoms with Gasteiger partial charge in [0.15, 0.2) is 0 Å². The Balaban J connectivity index is 3.22. The Labute approximate surface area is 76.9 Å². The van der Waals surface area contributed by atoms with Gasteiger partial charge in [0.25, 0.3) is 0 Å². The molecular weight excluding hydrogens is 148 g/mol. The van der Waals surface area contributed by atoms with Crippen LogP contribution in [0.25, 0.3) is 0 Å². The minimum absolute atomic E-state index is 0.0253. The highest BCUT2D eigenvalue weighted by Gasteiger charge is 2.09. The van der Waals surface area contributed by atoms with Gasteiger partial charge in [-0.25, -0.2) is 0 Å². The molecule has 0 aliphatic rings. The average molecular weight is 172 g/mol. The zero-order valence-corrected chi connectivity index (χ0v) is 8.98. The average Bonchev–Trinajstić information content (AvgIpc) is 1.96. The highest BCUT2D eigenvalue weighted by atomic mass is 14.9. The van der Waals surface area contributed by atoms with Crippen molar-refractivity contribution in [3.63, 3.8) is 0 Å². The fourth-order valence-corrected chi connectivity index (χ4v) is 0.903. The highest BCUT2D eigenvalue weighted by Crippen LogP contribution is 2.02. The predicted octanol–water partition coefficient (Wildman–Crippen LogP) is 1.75. The van der Waals surface area contributed by atoms with Gasteiger partial charge in [-0.15, -0.1) is 0 Å². The Kier molecular flexibility index (Phi) is 5.51. The minimum atomic E-state index is -0.0253. The van der Waals surface area contributed by atoms with Gasteiger partial charge in [0.05, 0.1) is 0 Å². The van der Waals surface area contributed by atoms with E-state index < -0.39 is 0 Å². The van der Waals surface area contributed by atoms with Crippen molar-refractivity contribution in [2.75, 3.05) is 13.1 Å². The quantitative estimate of drug-likeness (QED) is 0.599. The van der Waals surface area contributed by atoms with Crippen molar-refractivity contribution in [3.05, 3.63) is 0 Å². The van der Waals surface area contributed by atoms with Gasteiger partial charge in [-0.3, -0.25) is 0 Å². The van der Waals surface area contributed by atoms with Crippen LogP contribution in [0.1, 0.15) is 40.5 Å². The largest absolute Gasteiger partial charge is 0.326 e. The normalized spacial score (nSPS) is 14.8. The molecule has 0 amide bonds. The summed E-state index contributed by atoms with van der Waals surface area (Å²) in [4.78, 5) is 0. The molecule has 0 aromatic heterocycles. The summed E-state index contributed by atoms with van der Waals surface area (Å²) in [6, 6.07) is 0. The van der Waals surface area contributed by atoms with Crippen LogP contribution in [0, 0.1) is 5.92 Å². The van der Waals surface area contributed by atoms with Crippen LogP contribution >= 0.6 is 0 Å². The van der Waals surface area contributed by atoms with Gasteiger partial charge in [0.1, 0.15) is 0 Å². The van der Waals surface area contributed by atoms with Crippen molar-refractivity contribution in [1.29, 1.82) is 0 Å². The van der Waals surface area contributed by atoms with Gasteiger partial charge in [-0.2, -0.15) is 0 Å². The summed E-state index contributed by atoms with van der Waals surface area (Å²) in [5.41, 5.74) is 5.82. The number of hydrogen-bond acceptors (Lipinski definition) is 2. The van der Waals surface area contributed by atoms with Gasteiger partial charge >= 0.3 is 0 Å². The van der Waals surface area contributed by atoms with Gasteiger partial charge in [-0.05, 0) is 39.3 Å². The van der Waals surface area contributed by atoms with E-state index in [4.69, 9.17) is 5.73 Å². The van der Waals surface area contributed by atoms with E-state index in [0.717, 1.165) is 25.4 Å². The lowest BCUT2D eigenvalue weighted by molar-refractivity contribution is 0.430. The minimum Gasteiger partial charge on any atom is -0.326 e. The molecule has 0 aliphatic heterocycles. The van der Waals surface area contributed by atoms with Crippen LogP contribution in [0.5, 0.6) is 0 Å². The second-order valence-electron chi connectivity index (χ2n) is 4.46. The second kappa shape index (κ2) is 5.55. The predicted molar refractivity (Wildman–Crippen MR) is 55.2 cm³/mol. The Bertz CT molecular complexity index is 105. The van der Waals surface area contributed by atoms with E-state index in [9.17, 15) is 0 Å². The zero-order valence-electron chi connectivity index (χ0n) is 8.98. The fourth-order valence-electron chi connectivity index (χ4n) is 0.903. The summed E-state index contributed by atoms with van der Waals surface area (Å²) in [5.74, 6) is 0.783. The third kappa shape index (κ3) is 8.02. The molecule has 0 spiro atoms. The van der Waals surface area contributed by atoms with Gasteiger partial charge in [-0.1, -0.05) is 20.3 Å². The van der Waals surface area contributed by atoms with E-state index >= 15 is 0 Å². The molecule has 74 valence electrons. The molecule has 0 aromatic rings. The summed E-state index contributed by atoms with van der Waals surface area (Å²) in [6.45, 7) is 10.8. The first-order chi connectivity index (χ1) is 5.45. The van der Waals surface area contributed by atoms with Gasteiger partial charge in [0.2, 0.25) is 0 Å². The van der Waals surface area contributed by atoms with E-state index in [2.05, 4.69) is 33.0 Å².